The van der Waals surface area contributed by atoms with Crippen molar-refractivity contribution in [2.45, 2.75) is 0 Å². The van der Waals surface area contributed by atoms with E-state index >= 15 is 0 Å². The predicted octanol–water partition coefficient (Wildman–Crippen LogP) is 3.86. The molecule has 3 rings (SSSR count). The van der Waals surface area contributed by atoms with Crippen LogP contribution in [0.15, 0.2) is 41.0 Å². The molecule has 0 saturated carbocycles. The molecule has 0 aliphatic heterocycles. The highest BCUT2D eigenvalue weighted by atomic mass is 79.9. The highest BCUT2D eigenvalue weighted by Crippen LogP contribution is 2.32. The van der Waals surface area contributed by atoms with Crippen LogP contribution in [-0.4, -0.2) is 29.3 Å². The molecule has 0 saturated heterocycles. The van der Waals surface area contributed by atoms with Gasteiger partial charge in [0.2, 0.25) is 5.95 Å². The molecule has 0 spiro atoms. The zero-order valence-corrected chi connectivity index (χ0v) is 14.1. The van der Waals surface area contributed by atoms with Crippen molar-refractivity contribution >= 4 is 38.5 Å². The largest absolute Gasteiger partial charge is 0.508 e. The number of hydrogen-bond acceptors (Lipinski definition) is 6. The SMILES string of the molecule is COc1cc2cnc(Nc3ccc(O)cc3Br)nc2cc1OC. The Morgan fingerprint density at radius 1 is 1.09 bits per heavy atom. The van der Waals surface area contributed by atoms with Gasteiger partial charge in [0.05, 0.1) is 25.4 Å². The van der Waals surface area contributed by atoms with Crippen LogP contribution in [0.4, 0.5) is 11.6 Å². The summed E-state index contributed by atoms with van der Waals surface area (Å²) in [5.74, 6) is 1.86. The molecule has 118 valence electrons. The molecule has 0 amide bonds. The molecule has 6 nitrogen and oxygen atoms in total. The Balaban J connectivity index is 1.99. The van der Waals surface area contributed by atoms with E-state index in [9.17, 15) is 5.11 Å². The first-order valence-electron chi connectivity index (χ1n) is 6.75. The van der Waals surface area contributed by atoms with Crippen molar-refractivity contribution in [2.24, 2.45) is 0 Å². The quantitative estimate of drug-likeness (QED) is 0.674. The molecule has 2 N–H and O–H groups in total. The van der Waals surface area contributed by atoms with Crippen molar-refractivity contribution in [1.29, 1.82) is 0 Å². The standard InChI is InChI=1S/C16H14BrN3O3/c1-22-14-5-9-8-18-16(20-13(9)7-15(14)23-2)19-12-4-3-10(21)6-11(12)17/h3-8,21H,1-2H3,(H,18,19,20). The summed E-state index contributed by atoms with van der Waals surface area (Å²) in [5.41, 5.74) is 1.48. The smallest absolute Gasteiger partial charge is 0.227 e. The third kappa shape index (κ3) is 3.14. The molecular formula is C16H14BrN3O3. The second-order valence-corrected chi connectivity index (χ2v) is 5.60. The zero-order chi connectivity index (χ0) is 16.4. The molecule has 0 atom stereocenters. The third-order valence-electron chi connectivity index (χ3n) is 3.28. The Kier molecular flexibility index (Phi) is 4.20. The summed E-state index contributed by atoms with van der Waals surface area (Å²) in [6.07, 6.45) is 1.71. The van der Waals surface area contributed by atoms with Gasteiger partial charge in [-0.1, -0.05) is 0 Å². The first-order valence-corrected chi connectivity index (χ1v) is 7.54. The lowest BCUT2D eigenvalue weighted by atomic mass is 10.2. The van der Waals surface area contributed by atoms with E-state index in [2.05, 4.69) is 31.2 Å². The van der Waals surface area contributed by atoms with Gasteiger partial charge in [0.25, 0.3) is 0 Å². The van der Waals surface area contributed by atoms with Gasteiger partial charge in [-0.3, -0.25) is 0 Å². The van der Waals surface area contributed by atoms with E-state index in [1.807, 2.05) is 6.07 Å². The monoisotopic (exact) mass is 375 g/mol. The van der Waals surface area contributed by atoms with Gasteiger partial charge in [-0.25, -0.2) is 9.97 Å². The second kappa shape index (κ2) is 6.29. The van der Waals surface area contributed by atoms with Crippen LogP contribution in [0.3, 0.4) is 0 Å². The molecule has 0 fully saturated rings. The number of hydrogen-bond donors (Lipinski definition) is 2. The van der Waals surface area contributed by atoms with E-state index in [-0.39, 0.29) is 5.75 Å². The molecule has 7 heteroatoms. The fraction of sp³-hybridized carbons (Fsp3) is 0.125. The van der Waals surface area contributed by atoms with Gasteiger partial charge in [-0.2, -0.15) is 0 Å². The van der Waals surface area contributed by atoms with Crippen molar-refractivity contribution in [3.8, 4) is 17.2 Å². The number of fused-ring (bicyclic) bond motifs is 1. The van der Waals surface area contributed by atoms with Crippen molar-refractivity contribution in [2.75, 3.05) is 19.5 Å². The third-order valence-corrected chi connectivity index (χ3v) is 3.94. The van der Waals surface area contributed by atoms with Gasteiger partial charge in [0.1, 0.15) is 5.75 Å². The molecule has 1 heterocycles. The number of benzene rings is 2. The van der Waals surface area contributed by atoms with Crippen LogP contribution in [0.5, 0.6) is 17.2 Å². The lowest BCUT2D eigenvalue weighted by Gasteiger charge is -2.10. The van der Waals surface area contributed by atoms with Crippen LogP contribution in [-0.2, 0) is 0 Å². The molecule has 2 aromatic carbocycles. The number of nitrogens with one attached hydrogen (secondary N) is 1. The number of halogens is 1. The minimum atomic E-state index is 0.179. The van der Waals surface area contributed by atoms with Crippen LogP contribution in [0, 0.1) is 0 Å². The molecule has 0 aliphatic rings. The number of phenols is 1. The van der Waals surface area contributed by atoms with Crippen molar-refractivity contribution in [3.63, 3.8) is 0 Å². The molecule has 0 bridgehead atoms. The average molecular weight is 376 g/mol. The summed E-state index contributed by atoms with van der Waals surface area (Å²) < 4.78 is 11.3. The summed E-state index contributed by atoms with van der Waals surface area (Å²) in [5, 5.41) is 13.4. The Labute approximate surface area is 141 Å². The summed E-state index contributed by atoms with van der Waals surface area (Å²) in [7, 11) is 3.17. The Morgan fingerprint density at radius 3 is 2.52 bits per heavy atom. The van der Waals surface area contributed by atoms with Gasteiger partial charge >= 0.3 is 0 Å². The fourth-order valence-corrected chi connectivity index (χ4v) is 2.61. The molecule has 0 radical (unpaired) electrons. The van der Waals surface area contributed by atoms with Crippen molar-refractivity contribution in [1.82, 2.24) is 9.97 Å². The van der Waals surface area contributed by atoms with Gasteiger partial charge in [-0.05, 0) is 40.2 Å². The second-order valence-electron chi connectivity index (χ2n) is 4.75. The van der Waals surface area contributed by atoms with E-state index < -0.39 is 0 Å². The maximum Gasteiger partial charge on any atom is 0.227 e. The minimum absolute atomic E-state index is 0.179. The summed E-state index contributed by atoms with van der Waals surface area (Å²) in [4.78, 5) is 8.77. The van der Waals surface area contributed by atoms with Crippen molar-refractivity contribution < 1.29 is 14.6 Å². The zero-order valence-electron chi connectivity index (χ0n) is 12.5. The molecular weight excluding hydrogens is 362 g/mol. The maximum absolute atomic E-state index is 9.44. The van der Waals surface area contributed by atoms with E-state index in [1.54, 1.807) is 44.7 Å². The van der Waals surface area contributed by atoms with Crippen LogP contribution in [0.1, 0.15) is 0 Å². The molecule has 0 aliphatic carbocycles. The highest BCUT2D eigenvalue weighted by molar-refractivity contribution is 9.10. The first kappa shape index (κ1) is 15.4. The number of aromatic nitrogens is 2. The van der Waals surface area contributed by atoms with Gasteiger partial charge < -0.3 is 19.9 Å². The number of rotatable bonds is 4. The topological polar surface area (TPSA) is 76.5 Å². The van der Waals surface area contributed by atoms with Crippen LogP contribution in [0.2, 0.25) is 0 Å². The predicted molar refractivity (Wildman–Crippen MR) is 91.7 cm³/mol. The lowest BCUT2D eigenvalue weighted by Crippen LogP contribution is -1.98. The molecule has 23 heavy (non-hydrogen) atoms. The maximum atomic E-state index is 9.44. The Hall–Kier alpha value is -2.54. The minimum Gasteiger partial charge on any atom is -0.508 e. The fourth-order valence-electron chi connectivity index (χ4n) is 2.14. The number of methoxy groups -OCH3 is 2. The normalized spacial score (nSPS) is 10.6. The molecule has 1 aromatic heterocycles. The lowest BCUT2D eigenvalue weighted by molar-refractivity contribution is 0.356. The molecule has 3 aromatic rings. The summed E-state index contributed by atoms with van der Waals surface area (Å²) in [6.45, 7) is 0. The van der Waals surface area contributed by atoms with Crippen LogP contribution in [0.25, 0.3) is 10.9 Å². The summed E-state index contributed by atoms with van der Waals surface area (Å²) >= 11 is 3.38. The van der Waals surface area contributed by atoms with E-state index in [1.165, 1.54) is 0 Å². The Morgan fingerprint density at radius 2 is 1.83 bits per heavy atom. The molecule has 0 unspecified atom stereocenters. The number of aromatic hydroxyl groups is 1. The van der Waals surface area contributed by atoms with Gasteiger partial charge in [0, 0.05) is 22.1 Å². The van der Waals surface area contributed by atoms with Gasteiger partial charge in [-0.15, -0.1) is 0 Å². The van der Waals surface area contributed by atoms with E-state index in [0.717, 1.165) is 16.6 Å². The van der Waals surface area contributed by atoms with Crippen molar-refractivity contribution in [3.05, 3.63) is 41.0 Å². The number of nitrogens with zero attached hydrogens (tertiary/aromatic N) is 2. The highest BCUT2D eigenvalue weighted by Gasteiger charge is 2.09. The van der Waals surface area contributed by atoms with Gasteiger partial charge in [0.15, 0.2) is 11.5 Å². The number of phenolic OH excluding ortho intramolecular Hbond substituents is 1. The summed E-state index contributed by atoms with van der Waals surface area (Å²) in [6, 6.07) is 8.54. The number of anilines is 2. The van der Waals surface area contributed by atoms with Crippen LogP contribution < -0.4 is 14.8 Å². The van der Waals surface area contributed by atoms with Crippen LogP contribution >= 0.6 is 15.9 Å². The van der Waals surface area contributed by atoms with E-state index in [0.29, 0.717) is 21.9 Å². The first-order chi connectivity index (χ1) is 11.1. The average Bonchev–Trinajstić information content (AvgIpc) is 2.56. The Bertz CT molecular complexity index is 871. The number of ether oxygens (including phenoxy) is 2. The van der Waals surface area contributed by atoms with E-state index in [4.69, 9.17) is 9.47 Å².